The van der Waals surface area contributed by atoms with Crippen LogP contribution in [0.25, 0.3) is 0 Å². The maximum Gasteiger partial charge on any atom is 0.243 e. The van der Waals surface area contributed by atoms with Crippen molar-refractivity contribution in [1.82, 2.24) is 9.21 Å². The Bertz CT molecular complexity index is 1290. The van der Waals surface area contributed by atoms with Gasteiger partial charge in [0.2, 0.25) is 21.2 Å². The first-order valence-electron chi connectivity index (χ1n) is 11.6. The van der Waals surface area contributed by atoms with E-state index in [1.54, 1.807) is 28.6 Å². The molecule has 1 aromatic heterocycles. The van der Waals surface area contributed by atoms with Crippen LogP contribution >= 0.6 is 0 Å². The van der Waals surface area contributed by atoms with Crippen molar-refractivity contribution < 1.29 is 17.6 Å². The van der Waals surface area contributed by atoms with Gasteiger partial charge in [-0.1, -0.05) is 42.8 Å². The van der Waals surface area contributed by atoms with Gasteiger partial charge in [-0.25, -0.2) is 8.42 Å². The van der Waals surface area contributed by atoms with Gasteiger partial charge in [-0.3, -0.25) is 9.69 Å². The molecule has 0 aliphatic carbocycles. The Morgan fingerprint density at radius 2 is 1.59 bits per heavy atom. The average Bonchev–Trinajstić information content (AvgIpc) is 3.27. The monoisotopic (exact) mass is 480 g/mol. The standard InChI is InChI=1S/C26H28N2O5S/c29-25-14-23(17-27-15-21-6-2-3-7-22(21)16-27)32-19-26(25)33-18-20-8-10-24(11-9-20)34(30,31)28-12-4-1-5-13-28/h2-3,6-11,14,19H,1,4-5,12-13,15-18H2. The van der Waals surface area contributed by atoms with Gasteiger partial charge in [0.1, 0.15) is 18.6 Å². The fourth-order valence-electron chi connectivity index (χ4n) is 4.54. The zero-order valence-corrected chi connectivity index (χ0v) is 19.8. The molecule has 0 spiro atoms. The second kappa shape index (κ2) is 9.74. The lowest BCUT2D eigenvalue weighted by Gasteiger charge is -2.25. The van der Waals surface area contributed by atoms with E-state index in [4.69, 9.17) is 9.15 Å². The predicted molar refractivity (Wildman–Crippen MR) is 128 cm³/mol. The molecule has 0 radical (unpaired) electrons. The molecule has 5 rings (SSSR count). The minimum atomic E-state index is -3.46. The van der Waals surface area contributed by atoms with Crippen molar-refractivity contribution in [1.29, 1.82) is 0 Å². The number of rotatable bonds is 7. The van der Waals surface area contributed by atoms with Crippen LogP contribution in [0.3, 0.4) is 0 Å². The molecule has 0 bridgehead atoms. The number of nitrogens with zero attached hydrogens (tertiary/aromatic N) is 2. The van der Waals surface area contributed by atoms with Gasteiger partial charge < -0.3 is 9.15 Å². The molecule has 3 heterocycles. The highest BCUT2D eigenvalue weighted by Gasteiger charge is 2.25. The van der Waals surface area contributed by atoms with Crippen molar-refractivity contribution in [2.24, 2.45) is 0 Å². The number of benzene rings is 2. The Morgan fingerprint density at radius 1 is 0.912 bits per heavy atom. The van der Waals surface area contributed by atoms with E-state index in [1.165, 1.54) is 23.5 Å². The largest absolute Gasteiger partial charge is 0.482 e. The van der Waals surface area contributed by atoms with Gasteiger partial charge in [0.05, 0.1) is 11.4 Å². The number of hydrogen-bond donors (Lipinski definition) is 0. The zero-order valence-electron chi connectivity index (χ0n) is 19.0. The first kappa shape index (κ1) is 22.8. The molecule has 0 unspecified atom stereocenters. The van der Waals surface area contributed by atoms with Crippen LogP contribution in [0.2, 0.25) is 0 Å². The molecule has 0 N–H and O–H groups in total. The van der Waals surface area contributed by atoms with E-state index in [1.807, 2.05) is 12.1 Å². The third-order valence-electron chi connectivity index (χ3n) is 6.41. The SMILES string of the molecule is O=c1cc(CN2Cc3ccccc3C2)occ1OCc1ccc(S(=O)(=O)N2CCCCC2)cc1. The molecule has 3 aromatic rings. The summed E-state index contributed by atoms with van der Waals surface area (Å²) in [5.74, 6) is 0.732. The minimum absolute atomic E-state index is 0.137. The van der Waals surface area contributed by atoms with Crippen LogP contribution in [0.1, 0.15) is 41.7 Å². The fourth-order valence-corrected chi connectivity index (χ4v) is 6.05. The summed E-state index contributed by atoms with van der Waals surface area (Å²) < 4.78 is 38.4. The minimum Gasteiger partial charge on any atom is -0.482 e. The smallest absolute Gasteiger partial charge is 0.243 e. The first-order chi connectivity index (χ1) is 16.5. The molecule has 7 nitrogen and oxygen atoms in total. The molecule has 34 heavy (non-hydrogen) atoms. The maximum atomic E-state index is 12.8. The quantitative estimate of drug-likeness (QED) is 0.510. The molecule has 2 aliphatic rings. The molecular formula is C26H28N2O5S. The topological polar surface area (TPSA) is 80.1 Å². The number of fused-ring (bicyclic) bond motifs is 1. The Kier molecular flexibility index (Phi) is 6.54. The highest BCUT2D eigenvalue weighted by molar-refractivity contribution is 7.89. The van der Waals surface area contributed by atoms with Crippen molar-refractivity contribution >= 4 is 10.0 Å². The van der Waals surface area contributed by atoms with E-state index in [0.29, 0.717) is 25.4 Å². The van der Waals surface area contributed by atoms with Crippen molar-refractivity contribution in [3.05, 3.63) is 93.5 Å². The molecule has 8 heteroatoms. The van der Waals surface area contributed by atoms with Crippen LogP contribution in [-0.2, 0) is 36.3 Å². The molecule has 1 fully saturated rings. The highest BCUT2D eigenvalue weighted by Crippen LogP contribution is 2.24. The number of piperidine rings is 1. The van der Waals surface area contributed by atoms with Crippen molar-refractivity contribution in [3.63, 3.8) is 0 Å². The summed E-state index contributed by atoms with van der Waals surface area (Å²) in [6, 6.07) is 16.4. The average molecular weight is 481 g/mol. The number of hydrogen-bond acceptors (Lipinski definition) is 6. The van der Waals surface area contributed by atoms with E-state index >= 15 is 0 Å². The Balaban J connectivity index is 1.18. The summed E-state index contributed by atoms with van der Waals surface area (Å²) >= 11 is 0. The Hall–Kier alpha value is -2.94. The van der Waals surface area contributed by atoms with Crippen LogP contribution in [0, 0.1) is 0 Å². The number of sulfonamides is 1. The van der Waals surface area contributed by atoms with Crippen LogP contribution in [0.15, 0.2) is 75.0 Å². The molecule has 1 saturated heterocycles. The summed E-state index contributed by atoms with van der Waals surface area (Å²) in [6.45, 7) is 3.52. The second-order valence-electron chi connectivity index (χ2n) is 8.89. The van der Waals surface area contributed by atoms with E-state index in [-0.39, 0.29) is 22.7 Å². The fraction of sp³-hybridized carbons (Fsp3) is 0.346. The molecule has 0 saturated carbocycles. The van der Waals surface area contributed by atoms with Crippen molar-refractivity contribution in [3.8, 4) is 5.75 Å². The maximum absolute atomic E-state index is 12.8. The lowest BCUT2D eigenvalue weighted by Crippen LogP contribution is -2.35. The van der Waals surface area contributed by atoms with Gasteiger partial charge in [0.25, 0.3) is 0 Å². The van der Waals surface area contributed by atoms with Crippen LogP contribution in [-0.4, -0.2) is 30.7 Å². The van der Waals surface area contributed by atoms with Crippen molar-refractivity contribution in [2.45, 2.75) is 50.4 Å². The van der Waals surface area contributed by atoms with E-state index in [0.717, 1.165) is 37.9 Å². The molecule has 2 aromatic carbocycles. The van der Waals surface area contributed by atoms with E-state index in [2.05, 4.69) is 17.0 Å². The normalized spacial score (nSPS) is 16.9. The summed E-state index contributed by atoms with van der Waals surface area (Å²) in [6.07, 6.45) is 4.23. The van der Waals surface area contributed by atoms with E-state index in [9.17, 15) is 13.2 Å². The highest BCUT2D eigenvalue weighted by atomic mass is 32.2. The molecular weight excluding hydrogens is 452 g/mol. The Morgan fingerprint density at radius 3 is 2.24 bits per heavy atom. The van der Waals surface area contributed by atoms with Gasteiger partial charge in [-0.2, -0.15) is 4.31 Å². The van der Waals surface area contributed by atoms with E-state index < -0.39 is 10.0 Å². The molecule has 178 valence electrons. The summed E-state index contributed by atoms with van der Waals surface area (Å²) in [5, 5.41) is 0. The lowest BCUT2D eigenvalue weighted by atomic mass is 10.1. The predicted octanol–water partition coefficient (Wildman–Crippen LogP) is 3.91. The summed E-state index contributed by atoms with van der Waals surface area (Å²) in [7, 11) is -3.46. The van der Waals surface area contributed by atoms with Gasteiger partial charge in [-0.05, 0) is 41.7 Å². The third-order valence-corrected chi connectivity index (χ3v) is 8.32. The van der Waals surface area contributed by atoms with Crippen LogP contribution < -0.4 is 10.2 Å². The van der Waals surface area contributed by atoms with Gasteiger partial charge in [-0.15, -0.1) is 0 Å². The van der Waals surface area contributed by atoms with Gasteiger partial charge in [0.15, 0.2) is 0 Å². The van der Waals surface area contributed by atoms with Crippen molar-refractivity contribution in [2.75, 3.05) is 13.1 Å². The lowest BCUT2D eigenvalue weighted by molar-refractivity contribution is 0.241. The van der Waals surface area contributed by atoms with Gasteiger partial charge in [0, 0.05) is 32.2 Å². The second-order valence-corrected chi connectivity index (χ2v) is 10.8. The first-order valence-corrected chi connectivity index (χ1v) is 13.1. The van der Waals surface area contributed by atoms with Gasteiger partial charge >= 0.3 is 0 Å². The van der Waals surface area contributed by atoms with Crippen LogP contribution in [0.5, 0.6) is 5.75 Å². The third kappa shape index (κ3) is 4.94. The number of ether oxygens (including phenoxy) is 1. The molecule has 0 amide bonds. The zero-order chi connectivity index (χ0) is 23.5. The molecule has 0 atom stereocenters. The summed E-state index contributed by atoms with van der Waals surface area (Å²) in [4.78, 5) is 15.0. The van der Waals surface area contributed by atoms with Crippen LogP contribution in [0.4, 0.5) is 0 Å². The Labute approximate surface area is 199 Å². The summed E-state index contributed by atoms with van der Waals surface area (Å²) in [5.41, 5.74) is 3.15. The molecule has 2 aliphatic heterocycles.